The predicted octanol–water partition coefficient (Wildman–Crippen LogP) is 5.15. The molecule has 7 heteroatoms. The molecule has 34 heavy (non-hydrogen) atoms. The molecule has 0 unspecified atom stereocenters. The second kappa shape index (κ2) is 11.2. The van der Waals surface area contributed by atoms with Crippen molar-refractivity contribution < 1.29 is 19.4 Å². The van der Waals surface area contributed by atoms with Gasteiger partial charge >= 0.3 is 5.97 Å². The normalized spacial score (nSPS) is 27.5. The first-order valence-electron chi connectivity index (χ1n) is 12.5. The van der Waals surface area contributed by atoms with Gasteiger partial charge in [0.15, 0.2) is 0 Å². The molecule has 0 saturated heterocycles. The van der Waals surface area contributed by atoms with Crippen LogP contribution in [0.25, 0.3) is 0 Å². The Balaban J connectivity index is 2.02. The van der Waals surface area contributed by atoms with E-state index >= 15 is 0 Å². The number of methoxy groups -OCH3 is 1. The molecule has 0 spiro atoms. The third-order valence-corrected chi connectivity index (χ3v) is 8.21. The van der Waals surface area contributed by atoms with Crippen molar-refractivity contribution in [3.05, 3.63) is 15.8 Å². The highest BCUT2D eigenvalue weighted by Gasteiger charge is 2.40. The number of hydrogen-bond acceptors (Lipinski definition) is 5. The van der Waals surface area contributed by atoms with Gasteiger partial charge in [-0.2, -0.15) is 0 Å². The maximum atomic E-state index is 14.0. The van der Waals surface area contributed by atoms with E-state index in [1.807, 2.05) is 31.7 Å². The highest BCUT2D eigenvalue weighted by Crippen LogP contribution is 2.40. The standard InChI is InChI=1S/C27H40N2O4S/c1-17-6-8-18(9-7-17)25(30)29(20-10-11-23(33-5)19(14-20)16-28)22-15-21(12-13-27(2,3)4)34-24(22)26(31)32/h15,17-20,23H,6-11,14,16,28H2,1-5H3,(H,31,32)/t17-,18-,19-,20+,23+/m0/s1. The first-order chi connectivity index (χ1) is 16.0. The summed E-state index contributed by atoms with van der Waals surface area (Å²) in [6.45, 7) is 8.78. The van der Waals surface area contributed by atoms with Gasteiger partial charge < -0.3 is 20.5 Å². The summed E-state index contributed by atoms with van der Waals surface area (Å²) >= 11 is 1.16. The smallest absolute Gasteiger partial charge is 0.348 e. The van der Waals surface area contributed by atoms with Crippen molar-refractivity contribution >= 4 is 28.9 Å². The van der Waals surface area contributed by atoms with Crippen molar-refractivity contribution in [2.24, 2.45) is 28.9 Å². The van der Waals surface area contributed by atoms with Crippen molar-refractivity contribution in [3.63, 3.8) is 0 Å². The molecule has 1 aromatic rings. The number of carboxylic acid groups (broad SMARTS) is 1. The van der Waals surface area contributed by atoms with E-state index in [-0.39, 0.29) is 40.2 Å². The Morgan fingerprint density at radius 1 is 1.21 bits per heavy atom. The van der Waals surface area contributed by atoms with E-state index in [1.165, 1.54) is 0 Å². The van der Waals surface area contributed by atoms with Crippen LogP contribution in [0.2, 0.25) is 0 Å². The summed E-state index contributed by atoms with van der Waals surface area (Å²) in [6.07, 6.45) is 6.12. The average Bonchev–Trinajstić information content (AvgIpc) is 3.22. The number of aromatic carboxylic acids is 1. The van der Waals surface area contributed by atoms with Crippen LogP contribution in [0.3, 0.4) is 0 Å². The van der Waals surface area contributed by atoms with Crippen LogP contribution in [0, 0.1) is 35.0 Å². The van der Waals surface area contributed by atoms with Crippen molar-refractivity contribution in [2.75, 3.05) is 18.6 Å². The zero-order valence-electron chi connectivity index (χ0n) is 21.2. The average molecular weight is 489 g/mol. The van der Waals surface area contributed by atoms with Gasteiger partial charge in [0.25, 0.3) is 0 Å². The fourth-order valence-electron chi connectivity index (χ4n) is 5.23. The van der Waals surface area contributed by atoms with Crippen LogP contribution in [0.4, 0.5) is 5.69 Å². The van der Waals surface area contributed by atoms with Gasteiger partial charge in [-0.05, 0) is 90.2 Å². The van der Waals surface area contributed by atoms with E-state index < -0.39 is 5.97 Å². The van der Waals surface area contributed by atoms with Crippen LogP contribution in [-0.4, -0.2) is 42.8 Å². The maximum Gasteiger partial charge on any atom is 0.348 e. The van der Waals surface area contributed by atoms with E-state index in [4.69, 9.17) is 10.5 Å². The van der Waals surface area contributed by atoms with E-state index in [0.717, 1.165) is 49.9 Å². The van der Waals surface area contributed by atoms with Gasteiger partial charge in [0.1, 0.15) is 4.88 Å². The highest BCUT2D eigenvalue weighted by atomic mass is 32.1. The Bertz CT molecular complexity index is 931. The quantitative estimate of drug-likeness (QED) is 0.541. The second-order valence-corrected chi connectivity index (χ2v) is 12.1. The lowest BCUT2D eigenvalue weighted by Gasteiger charge is -2.42. The molecule has 0 bridgehead atoms. The number of amides is 1. The molecule has 188 valence electrons. The molecule has 1 amide bonds. The third-order valence-electron chi connectivity index (χ3n) is 7.19. The second-order valence-electron chi connectivity index (χ2n) is 11.0. The minimum absolute atomic E-state index is 0.0548. The number of nitrogens with zero attached hydrogens (tertiary/aromatic N) is 1. The van der Waals surface area contributed by atoms with Gasteiger partial charge in [0.05, 0.1) is 16.7 Å². The third kappa shape index (κ3) is 6.41. The fraction of sp³-hybridized carbons (Fsp3) is 0.704. The Morgan fingerprint density at radius 2 is 1.88 bits per heavy atom. The monoisotopic (exact) mass is 488 g/mol. The zero-order valence-corrected chi connectivity index (χ0v) is 22.0. The Hall–Kier alpha value is -1.88. The molecule has 0 aromatic carbocycles. The highest BCUT2D eigenvalue weighted by molar-refractivity contribution is 7.15. The number of thiophene rings is 1. The minimum Gasteiger partial charge on any atom is -0.477 e. The number of hydrogen-bond donors (Lipinski definition) is 2. The summed E-state index contributed by atoms with van der Waals surface area (Å²) in [4.78, 5) is 28.9. The molecule has 3 atom stereocenters. The van der Waals surface area contributed by atoms with Gasteiger partial charge in [0.2, 0.25) is 5.91 Å². The van der Waals surface area contributed by atoms with Crippen LogP contribution < -0.4 is 10.6 Å². The summed E-state index contributed by atoms with van der Waals surface area (Å²) < 4.78 is 5.65. The molecule has 2 aliphatic rings. The van der Waals surface area contributed by atoms with Crippen LogP contribution >= 0.6 is 11.3 Å². The van der Waals surface area contributed by atoms with Crippen LogP contribution in [0.15, 0.2) is 6.07 Å². The van der Waals surface area contributed by atoms with E-state index in [0.29, 0.717) is 29.4 Å². The first kappa shape index (κ1) is 26.7. The van der Waals surface area contributed by atoms with Crippen LogP contribution in [0.5, 0.6) is 0 Å². The minimum atomic E-state index is -1.01. The predicted molar refractivity (Wildman–Crippen MR) is 137 cm³/mol. The molecule has 2 aliphatic carbocycles. The maximum absolute atomic E-state index is 14.0. The van der Waals surface area contributed by atoms with E-state index in [1.54, 1.807) is 7.11 Å². The molecule has 6 nitrogen and oxygen atoms in total. The summed E-state index contributed by atoms with van der Waals surface area (Å²) in [7, 11) is 1.71. The molecule has 1 aromatic heterocycles. The fourth-order valence-corrected chi connectivity index (χ4v) is 6.07. The Morgan fingerprint density at radius 3 is 2.44 bits per heavy atom. The van der Waals surface area contributed by atoms with Gasteiger partial charge in [-0.25, -0.2) is 4.79 Å². The molecule has 1 heterocycles. The summed E-state index contributed by atoms with van der Waals surface area (Å²) in [6, 6.07) is 1.72. The van der Waals surface area contributed by atoms with Crippen LogP contribution in [0.1, 0.15) is 87.2 Å². The number of carbonyl (C=O) groups excluding carboxylic acids is 1. The van der Waals surface area contributed by atoms with Crippen molar-refractivity contribution in [3.8, 4) is 11.8 Å². The SMILES string of the molecule is CO[C@@H]1CC[C@@H](N(c2cc(C#CC(C)(C)C)sc2C(=O)O)C(=O)[C@H]2CC[C@H](C)CC2)C[C@H]1CN. The lowest BCUT2D eigenvalue weighted by molar-refractivity contribution is -0.124. The number of carbonyl (C=O) groups is 2. The largest absolute Gasteiger partial charge is 0.477 e. The lowest BCUT2D eigenvalue weighted by atomic mass is 9.79. The molecule has 0 radical (unpaired) electrons. The molecule has 2 saturated carbocycles. The summed E-state index contributed by atoms with van der Waals surface area (Å²) in [5, 5.41) is 10.0. The topological polar surface area (TPSA) is 92.9 Å². The number of ether oxygens (including phenoxy) is 1. The summed E-state index contributed by atoms with van der Waals surface area (Å²) in [5.41, 5.74) is 6.37. The van der Waals surface area contributed by atoms with Crippen molar-refractivity contribution in [2.45, 2.75) is 84.8 Å². The van der Waals surface area contributed by atoms with Gasteiger partial charge in [-0.15, -0.1) is 11.3 Å². The number of rotatable bonds is 6. The van der Waals surface area contributed by atoms with Gasteiger partial charge in [-0.3, -0.25) is 4.79 Å². The molecule has 3 rings (SSSR count). The molecule has 2 fully saturated rings. The molecule has 0 aliphatic heterocycles. The van der Waals surface area contributed by atoms with Crippen molar-refractivity contribution in [1.82, 2.24) is 0 Å². The Kier molecular flexibility index (Phi) is 8.83. The number of carboxylic acids is 1. The van der Waals surface area contributed by atoms with Crippen molar-refractivity contribution in [1.29, 1.82) is 0 Å². The van der Waals surface area contributed by atoms with Gasteiger partial charge in [-0.1, -0.05) is 18.8 Å². The van der Waals surface area contributed by atoms with Gasteiger partial charge in [0, 0.05) is 24.5 Å². The Labute approximate surface area is 208 Å². The molecular weight excluding hydrogens is 448 g/mol. The lowest BCUT2D eigenvalue weighted by Crippen LogP contribution is -2.50. The number of anilines is 1. The molecular formula is C27H40N2O4S. The van der Waals surface area contributed by atoms with E-state index in [2.05, 4.69) is 18.8 Å². The first-order valence-corrected chi connectivity index (χ1v) is 13.3. The number of nitrogens with two attached hydrogens (primary N) is 1. The molecule has 3 N–H and O–H groups in total. The van der Waals surface area contributed by atoms with Crippen LogP contribution in [-0.2, 0) is 9.53 Å². The zero-order chi connectivity index (χ0) is 25.0. The van der Waals surface area contributed by atoms with E-state index in [9.17, 15) is 14.7 Å². The summed E-state index contributed by atoms with van der Waals surface area (Å²) in [5.74, 6) is 6.08.